The molecule has 2 aromatic carbocycles. The maximum atomic E-state index is 11.4. The molecule has 0 aliphatic rings. The van der Waals surface area contributed by atoms with Gasteiger partial charge in [0.15, 0.2) is 0 Å². The average Bonchev–Trinajstić information content (AvgIpc) is 2.99. The summed E-state index contributed by atoms with van der Waals surface area (Å²) in [5.41, 5.74) is 9.06. The van der Waals surface area contributed by atoms with Gasteiger partial charge in [0, 0.05) is 12.1 Å². The Morgan fingerprint density at radius 1 is 1.00 bits per heavy atom. The van der Waals surface area contributed by atoms with Crippen molar-refractivity contribution in [3.05, 3.63) is 66.4 Å². The van der Waals surface area contributed by atoms with Crippen LogP contribution in [0.5, 0.6) is 0 Å². The first kappa shape index (κ1) is 15.4. The fourth-order valence-electron chi connectivity index (χ4n) is 2.32. The Morgan fingerprint density at radius 3 is 2.22 bits per heavy atom. The molecule has 0 unspecified atom stereocenters. The average molecular weight is 328 g/mol. The molecule has 3 rings (SSSR count). The molecule has 4 N–H and O–H groups in total. The predicted octanol–water partition coefficient (Wildman–Crippen LogP) is 1.65. The van der Waals surface area contributed by atoms with Gasteiger partial charge in [0.1, 0.15) is 0 Å². The monoisotopic (exact) mass is 328 g/mol. The van der Waals surface area contributed by atoms with E-state index in [0.717, 1.165) is 22.6 Å². The molecule has 0 fully saturated rings. The summed E-state index contributed by atoms with van der Waals surface area (Å²) in [5, 5.41) is 9.60. The fraction of sp³-hybridized carbons (Fsp3) is 0.0625. The van der Waals surface area contributed by atoms with Gasteiger partial charge in [-0.1, -0.05) is 30.3 Å². The molecule has 23 heavy (non-hydrogen) atoms. The van der Waals surface area contributed by atoms with Crippen molar-refractivity contribution in [3.63, 3.8) is 0 Å². The van der Waals surface area contributed by atoms with E-state index >= 15 is 0 Å². The highest BCUT2D eigenvalue weighted by atomic mass is 32.2. The summed E-state index contributed by atoms with van der Waals surface area (Å²) in [6.07, 6.45) is 0. The van der Waals surface area contributed by atoms with Gasteiger partial charge in [0.25, 0.3) is 0 Å². The molecule has 0 bridgehead atoms. The van der Waals surface area contributed by atoms with Crippen LogP contribution in [0.1, 0.15) is 5.69 Å². The highest BCUT2D eigenvalue weighted by Gasteiger charge is 2.12. The minimum absolute atomic E-state index is 0.0636. The van der Waals surface area contributed by atoms with E-state index < -0.39 is 10.0 Å². The lowest BCUT2D eigenvalue weighted by atomic mass is 10.1. The van der Waals surface area contributed by atoms with E-state index in [1.807, 2.05) is 36.4 Å². The van der Waals surface area contributed by atoms with Gasteiger partial charge in [-0.25, -0.2) is 18.2 Å². The number of aromatic nitrogens is 2. The molecule has 6 nitrogen and oxygen atoms in total. The second-order valence-electron chi connectivity index (χ2n) is 5.04. The smallest absolute Gasteiger partial charge is 0.238 e. The third kappa shape index (κ3) is 3.16. The number of primary sulfonamides is 1. The van der Waals surface area contributed by atoms with E-state index in [-0.39, 0.29) is 4.90 Å². The number of benzene rings is 2. The standard InChI is InChI=1S/C16H16N4O2S/c17-11-13-10-16(12-4-2-1-3-5-12)20(19-13)14-6-8-15(9-7-14)23(18,21)22/h1-10H,11,17H2,(H2,18,21,22). The molecular weight excluding hydrogens is 312 g/mol. The Morgan fingerprint density at radius 2 is 1.65 bits per heavy atom. The summed E-state index contributed by atoms with van der Waals surface area (Å²) in [6.45, 7) is 0.322. The van der Waals surface area contributed by atoms with E-state index in [1.54, 1.807) is 16.8 Å². The van der Waals surface area contributed by atoms with Crippen LogP contribution in [-0.4, -0.2) is 18.2 Å². The van der Waals surface area contributed by atoms with Gasteiger partial charge < -0.3 is 5.73 Å². The van der Waals surface area contributed by atoms with Crippen molar-refractivity contribution in [2.45, 2.75) is 11.4 Å². The van der Waals surface area contributed by atoms with Gasteiger partial charge in [-0.15, -0.1) is 0 Å². The Labute approximate surface area is 134 Å². The summed E-state index contributed by atoms with van der Waals surface area (Å²) in [4.78, 5) is 0.0636. The van der Waals surface area contributed by atoms with E-state index in [2.05, 4.69) is 5.10 Å². The Kier molecular flexibility index (Phi) is 3.99. The first-order valence-electron chi connectivity index (χ1n) is 6.97. The molecular formula is C16H16N4O2S. The van der Waals surface area contributed by atoms with Crippen LogP contribution in [0.15, 0.2) is 65.6 Å². The van der Waals surface area contributed by atoms with Crippen LogP contribution >= 0.6 is 0 Å². The third-order valence-electron chi connectivity index (χ3n) is 3.45. The summed E-state index contributed by atoms with van der Waals surface area (Å²) < 4.78 is 24.5. The molecule has 0 amide bonds. The second-order valence-corrected chi connectivity index (χ2v) is 6.60. The lowest BCUT2D eigenvalue weighted by molar-refractivity contribution is 0.598. The lowest BCUT2D eigenvalue weighted by Gasteiger charge is -2.08. The van der Waals surface area contributed by atoms with Crippen molar-refractivity contribution in [1.82, 2.24) is 9.78 Å². The lowest BCUT2D eigenvalue weighted by Crippen LogP contribution is -2.12. The third-order valence-corrected chi connectivity index (χ3v) is 4.38. The summed E-state index contributed by atoms with van der Waals surface area (Å²) >= 11 is 0. The molecule has 0 saturated carbocycles. The first-order valence-corrected chi connectivity index (χ1v) is 8.51. The van der Waals surface area contributed by atoms with Crippen molar-refractivity contribution >= 4 is 10.0 Å². The fourth-order valence-corrected chi connectivity index (χ4v) is 2.83. The first-order chi connectivity index (χ1) is 11.0. The highest BCUT2D eigenvalue weighted by Crippen LogP contribution is 2.24. The molecule has 0 aliphatic heterocycles. The van der Waals surface area contributed by atoms with Crippen molar-refractivity contribution in [2.24, 2.45) is 10.9 Å². The minimum atomic E-state index is -3.71. The van der Waals surface area contributed by atoms with Crippen LogP contribution < -0.4 is 10.9 Å². The van der Waals surface area contributed by atoms with Crippen molar-refractivity contribution in [2.75, 3.05) is 0 Å². The van der Waals surface area contributed by atoms with Crippen LogP contribution in [-0.2, 0) is 16.6 Å². The van der Waals surface area contributed by atoms with Gasteiger partial charge >= 0.3 is 0 Å². The maximum Gasteiger partial charge on any atom is 0.238 e. The van der Waals surface area contributed by atoms with Crippen molar-refractivity contribution in [3.8, 4) is 16.9 Å². The molecule has 118 valence electrons. The zero-order valence-corrected chi connectivity index (χ0v) is 13.1. The van der Waals surface area contributed by atoms with E-state index in [1.165, 1.54) is 12.1 Å². The van der Waals surface area contributed by atoms with Crippen LogP contribution in [0.2, 0.25) is 0 Å². The topological polar surface area (TPSA) is 104 Å². The molecule has 3 aromatic rings. The molecule has 0 aliphatic carbocycles. The quantitative estimate of drug-likeness (QED) is 0.759. The Bertz CT molecular complexity index is 916. The number of hydrogen-bond donors (Lipinski definition) is 2. The number of sulfonamides is 1. The molecule has 0 atom stereocenters. The van der Waals surface area contributed by atoms with Gasteiger partial charge in [-0.3, -0.25) is 0 Å². The summed E-state index contributed by atoms with van der Waals surface area (Å²) in [5.74, 6) is 0. The molecule has 0 spiro atoms. The second kappa shape index (κ2) is 5.96. The van der Waals surface area contributed by atoms with Crippen LogP contribution in [0.3, 0.4) is 0 Å². The largest absolute Gasteiger partial charge is 0.325 e. The number of rotatable bonds is 4. The SMILES string of the molecule is NCc1cc(-c2ccccc2)n(-c2ccc(S(N)(=O)=O)cc2)n1. The van der Waals surface area contributed by atoms with E-state index in [9.17, 15) is 8.42 Å². The minimum Gasteiger partial charge on any atom is -0.325 e. The summed E-state index contributed by atoms with van der Waals surface area (Å²) in [7, 11) is -3.71. The predicted molar refractivity (Wildman–Crippen MR) is 88.3 cm³/mol. The number of hydrogen-bond acceptors (Lipinski definition) is 4. The van der Waals surface area contributed by atoms with Gasteiger partial charge in [0.05, 0.1) is 22.0 Å². The molecule has 1 aromatic heterocycles. The maximum absolute atomic E-state index is 11.4. The normalized spacial score (nSPS) is 11.6. The van der Waals surface area contributed by atoms with Gasteiger partial charge in [0.2, 0.25) is 10.0 Å². The van der Waals surface area contributed by atoms with Crippen molar-refractivity contribution in [1.29, 1.82) is 0 Å². The number of nitrogens with two attached hydrogens (primary N) is 2. The summed E-state index contributed by atoms with van der Waals surface area (Å²) in [6, 6.07) is 18.0. The molecule has 0 radical (unpaired) electrons. The van der Waals surface area contributed by atoms with E-state index in [0.29, 0.717) is 6.54 Å². The van der Waals surface area contributed by atoms with Crippen LogP contribution in [0, 0.1) is 0 Å². The molecule has 7 heteroatoms. The van der Waals surface area contributed by atoms with E-state index in [4.69, 9.17) is 10.9 Å². The van der Waals surface area contributed by atoms with Gasteiger partial charge in [-0.05, 0) is 30.3 Å². The van der Waals surface area contributed by atoms with Gasteiger partial charge in [-0.2, -0.15) is 5.10 Å². The van der Waals surface area contributed by atoms with Crippen LogP contribution in [0.25, 0.3) is 16.9 Å². The Balaban J connectivity index is 2.11. The molecule has 0 saturated heterocycles. The van der Waals surface area contributed by atoms with Crippen molar-refractivity contribution < 1.29 is 8.42 Å². The highest BCUT2D eigenvalue weighted by molar-refractivity contribution is 7.89. The van der Waals surface area contributed by atoms with Crippen LogP contribution in [0.4, 0.5) is 0 Å². The number of nitrogens with zero attached hydrogens (tertiary/aromatic N) is 2. The zero-order chi connectivity index (χ0) is 16.4. The Hall–Kier alpha value is -2.48. The zero-order valence-electron chi connectivity index (χ0n) is 12.3. The molecule has 1 heterocycles.